The Morgan fingerprint density at radius 3 is 2.43 bits per heavy atom. The minimum atomic E-state index is -5.14. The summed E-state index contributed by atoms with van der Waals surface area (Å²) in [5.41, 5.74) is 0. The molecule has 13 heteroatoms. The average molecular weight is 448 g/mol. The second-order valence-electron chi connectivity index (χ2n) is 7.86. The zero-order valence-corrected chi connectivity index (χ0v) is 21.7. The van der Waals surface area contributed by atoms with Gasteiger partial charge in [0.1, 0.15) is 6.73 Å². The molecular weight excluding hydrogens is 419 g/mol. The second-order valence-corrected chi connectivity index (χ2v) is 13.5. The van der Waals surface area contributed by atoms with E-state index < -0.39 is 39.2 Å². The Morgan fingerprint density at radius 2 is 1.93 bits per heavy atom. The van der Waals surface area contributed by atoms with Crippen molar-refractivity contribution in [2.24, 2.45) is 5.92 Å². The van der Waals surface area contributed by atoms with Crippen molar-refractivity contribution >= 4 is 21.0 Å². The topological polar surface area (TPSA) is 79.1 Å². The summed E-state index contributed by atoms with van der Waals surface area (Å²) in [6.07, 6.45) is -0.350. The summed E-state index contributed by atoms with van der Waals surface area (Å²) in [6, 6.07) is 0.917. The van der Waals surface area contributed by atoms with Crippen LogP contribution in [0.2, 0.25) is 32.0 Å². The zero-order valence-electron chi connectivity index (χ0n) is 17.6. The van der Waals surface area contributed by atoms with Gasteiger partial charge >= 0.3 is 64.3 Å². The van der Waals surface area contributed by atoms with Gasteiger partial charge in [-0.3, -0.25) is 4.79 Å². The van der Waals surface area contributed by atoms with Gasteiger partial charge in [-0.05, 0) is 22.9 Å². The molecule has 0 saturated heterocycles. The number of tetrazole rings is 1. The number of hydrogen-bond donors (Lipinski definition) is 0. The molecule has 1 heterocycles. The van der Waals surface area contributed by atoms with Crippen molar-refractivity contribution in [3.8, 4) is 0 Å². The summed E-state index contributed by atoms with van der Waals surface area (Å²) in [5, 5.41) is 11.0. The molecule has 0 amide bonds. The van der Waals surface area contributed by atoms with Crippen molar-refractivity contribution in [2.75, 3.05) is 13.7 Å². The molecule has 0 aliphatic carbocycles. The molecule has 0 radical (unpaired) electrons. The van der Waals surface area contributed by atoms with E-state index in [1.807, 2.05) is 0 Å². The number of halogens is 3. The van der Waals surface area contributed by atoms with E-state index in [0.29, 0.717) is 13.0 Å². The van der Waals surface area contributed by atoms with Crippen LogP contribution in [0.25, 0.3) is 0 Å². The number of methoxy groups -OCH3 is 1. The van der Waals surface area contributed by atoms with Crippen molar-refractivity contribution in [3.05, 3.63) is 5.82 Å². The minimum absolute atomic E-state index is 0. The monoisotopic (exact) mass is 448 g/mol. The summed E-state index contributed by atoms with van der Waals surface area (Å²) in [7, 11) is -0.118. The fraction of sp³-hybridized carbons (Fsp3) is 0.867. The van der Waals surface area contributed by atoms with Gasteiger partial charge in [-0.1, -0.05) is 39.3 Å². The molecule has 1 aromatic heterocycles. The van der Waals surface area contributed by atoms with Gasteiger partial charge in [-0.25, -0.2) is 4.68 Å². The van der Waals surface area contributed by atoms with Crippen LogP contribution in [0.4, 0.5) is 12.9 Å². The van der Waals surface area contributed by atoms with Crippen LogP contribution in [0.3, 0.4) is 0 Å². The molecule has 0 saturated carbocycles. The summed E-state index contributed by atoms with van der Waals surface area (Å²) in [6.45, 7) is 3.69. The van der Waals surface area contributed by atoms with Gasteiger partial charge in [0.25, 0.3) is 0 Å². The molecular formula is C15H29BF3KN4O3Si. The van der Waals surface area contributed by atoms with E-state index in [0.717, 1.165) is 6.04 Å². The molecule has 0 spiro atoms. The number of carbonyl (C=O) groups is 1. The van der Waals surface area contributed by atoms with Crippen molar-refractivity contribution < 1.29 is 78.6 Å². The van der Waals surface area contributed by atoms with Crippen LogP contribution in [-0.4, -0.2) is 54.9 Å². The maximum absolute atomic E-state index is 13.2. The zero-order chi connectivity index (χ0) is 20.7. The second kappa shape index (κ2) is 12.8. The van der Waals surface area contributed by atoms with Gasteiger partial charge in [0.2, 0.25) is 0 Å². The standard InChI is InChI=1S/C15H29BF3N4O3Si.K/c1-6-7-12(15(24)25-2)13(10-16(17,18)19)14-20-21-22-23(14)11-26-8-9-27(3,4)5;/h12-13H,6-11H2,1-5H3;/q-1;+1/t12-,13-;/m0./s1. The van der Waals surface area contributed by atoms with Crippen molar-refractivity contribution in [3.63, 3.8) is 0 Å². The molecule has 0 fully saturated rings. The van der Waals surface area contributed by atoms with E-state index in [1.165, 1.54) is 11.8 Å². The maximum Gasteiger partial charge on any atom is 1.00 e. The number of hydrogen-bond acceptors (Lipinski definition) is 6. The predicted octanol–water partition coefficient (Wildman–Crippen LogP) is 0.510. The molecule has 0 aliphatic heterocycles. The molecule has 0 unspecified atom stereocenters. The molecule has 1 aromatic rings. The van der Waals surface area contributed by atoms with Crippen molar-refractivity contribution in [2.45, 2.75) is 64.4 Å². The SMILES string of the molecule is CCC[C@H](C(=O)OC)[C@H](C[B-](F)(F)F)c1nnnn1COCC[Si](C)(C)C.[K+]. The van der Waals surface area contributed by atoms with E-state index in [4.69, 9.17) is 9.47 Å². The van der Waals surface area contributed by atoms with Crippen LogP contribution in [0, 0.1) is 5.92 Å². The summed E-state index contributed by atoms with van der Waals surface area (Å²) < 4.78 is 51.2. The first-order valence-corrected chi connectivity index (χ1v) is 12.8. The molecule has 156 valence electrons. The minimum Gasteiger partial charge on any atom is -0.469 e. The third-order valence-electron chi connectivity index (χ3n) is 4.21. The summed E-state index contributed by atoms with van der Waals surface area (Å²) in [4.78, 5) is 12.1. The Kier molecular flexibility index (Phi) is 12.9. The fourth-order valence-corrected chi connectivity index (χ4v) is 3.54. The Hall–Kier alpha value is 0.208. The largest absolute Gasteiger partial charge is 1.00 e. The number of esters is 1. The van der Waals surface area contributed by atoms with E-state index in [9.17, 15) is 17.7 Å². The van der Waals surface area contributed by atoms with Crippen LogP contribution in [0.1, 0.15) is 31.5 Å². The molecule has 28 heavy (non-hydrogen) atoms. The van der Waals surface area contributed by atoms with Gasteiger partial charge in [0.05, 0.1) is 13.0 Å². The molecule has 0 aliphatic rings. The van der Waals surface area contributed by atoms with Gasteiger partial charge in [-0.2, -0.15) is 0 Å². The Labute approximate surface area is 208 Å². The van der Waals surface area contributed by atoms with Gasteiger partial charge in [0, 0.05) is 20.6 Å². The number of nitrogens with zero attached hydrogens (tertiary/aromatic N) is 4. The smallest absolute Gasteiger partial charge is 0.469 e. The molecule has 0 bridgehead atoms. The first kappa shape index (κ1) is 28.2. The van der Waals surface area contributed by atoms with Gasteiger partial charge < -0.3 is 22.4 Å². The van der Waals surface area contributed by atoms with E-state index in [-0.39, 0.29) is 70.4 Å². The number of ether oxygens (including phenoxy) is 2. The van der Waals surface area contributed by atoms with E-state index >= 15 is 0 Å². The number of carbonyl (C=O) groups excluding carboxylic acids is 1. The molecule has 1 rings (SSSR count). The van der Waals surface area contributed by atoms with Gasteiger partial charge in [0.15, 0.2) is 5.82 Å². The summed E-state index contributed by atoms with van der Waals surface area (Å²) in [5.74, 6) is -2.84. The van der Waals surface area contributed by atoms with Crippen LogP contribution in [0.15, 0.2) is 0 Å². The van der Waals surface area contributed by atoms with Crippen LogP contribution < -0.4 is 51.4 Å². The molecule has 0 N–H and O–H groups in total. The Morgan fingerprint density at radius 1 is 1.29 bits per heavy atom. The van der Waals surface area contributed by atoms with Crippen molar-refractivity contribution in [1.82, 2.24) is 20.2 Å². The fourth-order valence-electron chi connectivity index (χ4n) is 2.78. The third kappa shape index (κ3) is 10.3. The summed E-state index contributed by atoms with van der Waals surface area (Å²) >= 11 is 0. The first-order chi connectivity index (χ1) is 12.5. The molecule has 2 atom stereocenters. The van der Waals surface area contributed by atoms with E-state index in [2.05, 4.69) is 35.2 Å². The van der Waals surface area contributed by atoms with Crippen molar-refractivity contribution in [1.29, 1.82) is 0 Å². The quantitative estimate of drug-likeness (QED) is 0.264. The Balaban J connectivity index is 0.00000729. The first-order valence-electron chi connectivity index (χ1n) is 9.11. The number of aromatic nitrogens is 4. The predicted molar refractivity (Wildman–Crippen MR) is 99.0 cm³/mol. The van der Waals surface area contributed by atoms with E-state index in [1.54, 1.807) is 6.92 Å². The average Bonchev–Trinajstić information content (AvgIpc) is 3.00. The van der Waals surface area contributed by atoms with Crippen LogP contribution >= 0.6 is 0 Å². The molecule has 0 aromatic carbocycles. The number of rotatable bonds is 12. The third-order valence-corrected chi connectivity index (χ3v) is 5.92. The normalized spacial score (nSPS) is 14.3. The molecule has 7 nitrogen and oxygen atoms in total. The maximum atomic E-state index is 13.2. The van der Waals surface area contributed by atoms with Crippen LogP contribution in [0.5, 0.6) is 0 Å². The Bertz CT molecular complexity index is 602. The van der Waals surface area contributed by atoms with Crippen LogP contribution in [-0.2, 0) is 21.0 Å². The van der Waals surface area contributed by atoms with Gasteiger partial charge in [-0.15, -0.1) is 5.10 Å².